The van der Waals surface area contributed by atoms with E-state index in [9.17, 15) is 4.79 Å². The predicted molar refractivity (Wildman–Crippen MR) is 84.7 cm³/mol. The number of amides is 1. The molecule has 1 aromatic carbocycles. The van der Waals surface area contributed by atoms with Crippen molar-refractivity contribution in [2.75, 3.05) is 32.8 Å². The molecule has 0 aliphatic heterocycles. The van der Waals surface area contributed by atoms with Crippen LogP contribution in [0, 0.1) is 0 Å². The number of nitrogens with zero attached hydrogens (tertiary/aromatic N) is 1. The molecule has 0 aliphatic carbocycles. The van der Waals surface area contributed by atoms with Crippen LogP contribution in [0.2, 0.25) is 0 Å². The molecule has 0 aromatic heterocycles. The van der Waals surface area contributed by atoms with Crippen molar-refractivity contribution in [2.24, 2.45) is 11.5 Å². The first kappa shape index (κ1) is 17.6. The van der Waals surface area contributed by atoms with E-state index in [0.29, 0.717) is 26.2 Å². The van der Waals surface area contributed by atoms with Crippen LogP contribution >= 0.6 is 0 Å². The molecule has 5 nitrogen and oxygen atoms in total. The van der Waals surface area contributed by atoms with E-state index in [2.05, 4.69) is 11.8 Å². The second-order valence-corrected chi connectivity index (χ2v) is 5.08. The fourth-order valence-electron chi connectivity index (χ4n) is 2.25. The fraction of sp³-hybridized carbons (Fsp3) is 0.562. The molecule has 0 aliphatic rings. The first-order valence-electron chi connectivity index (χ1n) is 7.49. The minimum absolute atomic E-state index is 0.491. The number of carbonyl (C=O) groups is 1. The van der Waals surface area contributed by atoms with Gasteiger partial charge in [-0.25, -0.2) is 0 Å². The lowest BCUT2D eigenvalue weighted by Crippen LogP contribution is -2.51. The summed E-state index contributed by atoms with van der Waals surface area (Å²) in [7, 11) is 0. The van der Waals surface area contributed by atoms with E-state index < -0.39 is 11.4 Å². The van der Waals surface area contributed by atoms with Crippen molar-refractivity contribution in [2.45, 2.75) is 25.8 Å². The van der Waals surface area contributed by atoms with Crippen LogP contribution in [0.3, 0.4) is 0 Å². The highest BCUT2D eigenvalue weighted by Crippen LogP contribution is 2.22. The molecule has 0 radical (unpaired) electrons. The standard InChI is InChI=1S/C16H27N3O2/c1-3-19(12-13-21-4-2)11-10-16(18,15(17)20)14-8-6-5-7-9-14/h5-9H,3-4,10-13,18H2,1-2H3,(H2,17,20). The molecule has 1 aromatic rings. The second kappa shape index (κ2) is 8.77. The maximum absolute atomic E-state index is 11.8. The second-order valence-electron chi connectivity index (χ2n) is 5.08. The molecular formula is C16H27N3O2. The minimum atomic E-state index is -1.12. The first-order valence-corrected chi connectivity index (χ1v) is 7.49. The van der Waals surface area contributed by atoms with Gasteiger partial charge in [-0.3, -0.25) is 4.79 Å². The van der Waals surface area contributed by atoms with Crippen LogP contribution in [0.1, 0.15) is 25.8 Å². The summed E-state index contributed by atoms with van der Waals surface area (Å²) in [4.78, 5) is 14.0. The quantitative estimate of drug-likeness (QED) is 0.632. The first-order chi connectivity index (χ1) is 10.0. The van der Waals surface area contributed by atoms with Gasteiger partial charge in [0.05, 0.1) is 6.61 Å². The largest absolute Gasteiger partial charge is 0.380 e. The maximum atomic E-state index is 11.8. The number of likely N-dealkylation sites (N-methyl/N-ethyl adjacent to an activating group) is 1. The number of carbonyl (C=O) groups excluding carboxylic acids is 1. The van der Waals surface area contributed by atoms with Gasteiger partial charge < -0.3 is 21.1 Å². The van der Waals surface area contributed by atoms with Crippen molar-refractivity contribution < 1.29 is 9.53 Å². The highest BCUT2D eigenvalue weighted by atomic mass is 16.5. The Hall–Kier alpha value is -1.43. The molecule has 0 saturated carbocycles. The third-order valence-electron chi connectivity index (χ3n) is 3.75. The summed E-state index contributed by atoms with van der Waals surface area (Å²) in [6.45, 7) is 7.87. The highest BCUT2D eigenvalue weighted by Gasteiger charge is 2.33. The Labute approximate surface area is 127 Å². The Kier molecular flexibility index (Phi) is 7.36. The number of rotatable bonds is 10. The van der Waals surface area contributed by atoms with E-state index >= 15 is 0 Å². The van der Waals surface area contributed by atoms with Crippen LogP contribution in [-0.4, -0.2) is 43.7 Å². The number of hydrogen-bond acceptors (Lipinski definition) is 4. The van der Waals surface area contributed by atoms with E-state index in [1.807, 2.05) is 37.3 Å². The van der Waals surface area contributed by atoms with Crippen molar-refractivity contribution in [3.05, 3.63) is 35.9 Å². The Morgan fingerprint density at radius 3 is 2.43 bits per heavy atom. The van der Waals surface area contributed by atoms with Crippen molar-refractivity contribution in [3.8, 4) is 0 Å². The number of ether oxygens (including phenoxy) is 1. The Bertz CT molecular complexity index is 425. The molecule has 0 spiro atoms. The fourth-order valence-corrected chi connectivity index (χ4v) is 2.25. The maximum Gasteiger partial charge on any atom is 0.242 e. The van der Waals surface area contributed by atoms with Crippen LogP contribution in [0.4, 0.5) is 0 Å². The van der Waals surface area contributed by atoms with Gasteiger partial charge in [-0.2, -0.15) is 0 Å². The van der Waals surface area contributed by atoms with E-state index in [-0.39, 0.29) is 0 Å². The average molecular weight is 293 g/mol. The molecule has 4 N–H and O–H groups in total. The smallest absolute Gasteiger partial charge is 0.242 e. The lowest BCUT2D eigenvalue weighted by molar-refractivity contribution is -0.123. The Morgan fingerprint density at radius 2 is 1.90 bits per heavy atom. The van der Waals surface area contributed by atoms with Gasteiger partial charge in [0.25, 0.3) is 0 Å². The highest BCUT2D eigenvalue weighted by molar-refractivity contribution is 5.85. The SMILES string of the molecule is CCOCCN(CC)CCC(N)(C(N)=O)c1ccccc1. The van der Waals surface area contributed by atoms with Crippen LogP contribution in [0.5, 0.6) is 0 Å². The number of primary amides is 1. The molecule has 1 rings (SSSR count). The van der Waals surface area contributed by atoms with Gasteiger partial charge in [0.15, 0.2) is 0 Å². The van der Waals surface area contributed by atoms with Gasteiger partial charge in [0.2, 0.25) is 5.91 Å². The lowest BCUT2D eigenvalue weighted by Gasteiger charge is -2.30. The van der Waals surface area contributed by atoms with Crippen molar-refractivity contribution in [1.82, 2.24) is 4.90 Å². The summed E-state index contributed by atoms with van der Waals surface area (Å²) in [6.07, 6.45) is 0.492. The molecule has 0 heterocycles. The lowest BCUT2D eigenvalue weighted by atomic mass is 9.86. The van der Waals surface area contributed by atoms with Crippen LogP contribution in [0.15, 0.2) is 30.3 Å². The molecule has 118 valence electrons. The zero-order chi connectivity index (χ0) is 15.7. The summed E-state index contributed by atoms with van der Waals surface area (Å²) in [6, 6.07) is 9.33. The monoisotopic (exact) mass is 293 g/mol. The zero-order valence-electron chi connectivity index (χ0n) is 13.0. The summed E-state index contributed by atoms with van der Waals surface area (Å²) in [5.41, 5.74) is 11.5. The van der Waals surface area contributed by atoms with E-state index in [1.165, 1.54) is 0 Å². The van der Waals surface area contributed by atoms with Crippen molar-refractivity contribution in [3.63, 3.8) is 0 Å². The van der Waals surface area contributed by atoms with E-state index in [1.54, 1.807) is 0 Å². The number of hydrogen-bond donors (Lipinski definition) is 2. The van der Waals surface area contributed by atoms with Gasteiger partial charge in [0.1, 0.15) is 5.54 Å². The predicted octanol–water partition coefficient (Wildman–Crippen LogP) is 1.07. The van der Waals surface area contributed by atoms with Gasteiger partial charge in [-0.05, 0) is 25.5 Å². The number of benzene rings is 1. The summed E-state index contributed by atoms with van der Waals surface area (Å²) in [5, 5.41) is 0. The van der Waals surface area contributed by atoms with Gasteiger partial charge in [0, 0.05) is 19.7 Å². The molecular weight excluding hydrogens is 266 g/mol. The third-order valence-corrected chi connectivity index (χ3v) is 3.75. The molecule has 0 bridgehead atoms. The topological polar surface area (TPSA) is 81.6 Å². The number of nitrogens with two attached hydrogens (primary N) is 2. The van der Waals surface area contributed by atoms with Gasteiger partial charge >= 0.3 is 0 Å². The molecule has 0 fully saturated rings. The summed E-state index contributed by atoms with van der Waals surface area (Å²) >= 11 is 0. The molecule has 21 heavy (non-hydrogen) atoms. The molecule has 1 atom stereocenters. The molecule has 0 saturated heterocycles. The minimum Gasteiger partial charge on any atom is -0.380 e. The molecule has 1 unspecified atom stereocenters. The summed E-state index contributed by atoms with van der Waals surface area (Å²) in [5.74, 6) is -0.491. The average Bonchev–Trinajstić information content (AvgIpc) is 2.51. The van der Waals surface area contributed by atoms with E-state index in [0.717, 1.165) is 18.7 Å². The van der Waals surface area contributed by atoms with Crippen LogP contribution < -0.4 is 11.5 Å². The third kappa shape index (κ3) is 5.12. The summed E-state index contributed by atoms with van der Waals surface area (Å²) < 4.78 is 5.37. The van der Waals surface area contributed by atoms with Crippen LogP contribution in [0.25, 0.3) is 0 Å². The molecule has 5 heteroatoms. The molecule has 1 amide bonds. The normalized spacial score (nSPS) is 14.1. The zero-order valence-corrected chi connectivity index (χ0v) is 13.0. The Morgan fingerprint density at radius 1 is 1.24 bits per heavy atom. The Balaban J connectivity index is 2.68. The van der Waals surface area contributed by atoms with Gasteiger partial charge in [-0.15, -0.1) is 0 Å². The van der Waals surface area contributed by atoms with E-state index in [4.69, 9.17) is 16.2 Å². The van der Waals surface area contributed by atoms with Crippen molar-refractivity contribution in [1.29, 1.82) is 0 Å². The van der Waals surface area contributed by atoms with Gasteiger partial charge in [-0.1, -0.05) is 37.3 Å². The van der Waals surface area contributed by atoms with Crippen molar-refractivity contribution >= 4 is 5.91 Å². The van der Waals surface area contributed by atoms with Crippen LogP contribution in [-0.2, 0) is 15.1 Å².